The van der Waals surface area contributed by atoms with Gasteiger partial charge in [0.25, 0.3) is 0 Å². The minimum Gasteiger partial charge on any atom is -0.329 e. The number of rotatable bonds is 3. The van der Waals surface area contributed by atoms with E-state index in [9.17, 15) is 0 Å². The lowest BCUT2D eigenvalue weighted by molar-refractivity contribution is 0.00715. The third-order valence-corrected chi connectivity index (χ3v) is 5.07. The lowest BCUT2D eigenvalue weighted by atomic mass is 9.83. The van der Waals surface area contributed by atoms with Gasteiger partial charge in [-0.15, -0.1) is 0 Å². The van der Waals surface area contributed by atoms with Crippen LogP contribution in [0.2, 0.25) is 0 Å². The number of nitrogens with two attached hydrogens (primary N) is 1. The Kier molecular flexibility index (Phi) is 4.45. The van der Waals surface area contributed by atoms with Crippen molar-refractivity contribution >= 4 is 0 Å². The molecular weight excluding hydrogens is 210 g/mol. The maximum atomic E-state index is 6.13. The van der Waals surface area contributed by atoms with Crippen LogP contribution in [0.15, 0.2) is 0 Å². The first-order valence-corrected chi connectivity index (χ1v) is 7.37. The molecule has 0 saturated carbocycles. The molecule has 0 aromatic carbocycles. The van der Waals surface area contributed by atoms with Crippen LogP contribution >= 0.6 is 0 Å². The van der Waals surface area contributed by atoms with Crippen molar-refractivity contribution < 1.29 is 0 Å². The molecule has 2 N–H and O–H groups in total. The fourth-order valence-electron chi connectivity index (χ4n) is 3.42. The molecule has 0 amide bonds. The van der Waals surface area contributed by atoms with Gasteiger partial charge in [-0.25, -0.2) is 0 Å². The third kappa shape index (κ3) is 2.83. The Morgan fingerprint density at radius 1 is 1.12 bits per heavy atom. The largest absolute Gasteiger partial charge is 0.329 e. The lowest BCUT2D eigenvalue weighted by Crippen LogP contribution is -2.60. The Bertz CT molecular complexity index is 226. The zero-order valence-electron chi connectivity index (χ0n) is 11.6. The first-order chi connectivity index (χ1) is 8.20. The van der Waals surface area contributed by atoms with E-state index in [1.807, 2.05) is 0 Å². The predicted molar refractivity (Wildman–Crippen MR) is 73.1 cm³/mol. The second kappa shape index (κ2) is 5.68. The average molecular weight is 239 g/mol. The van der Waals surface area contributed by atoms with Crippen molar-refractivity contribution in [3.8, 4) is 0 Å². The standard InChI is InChI=1S/C14H29N3/c1-3-16-10-6-14(12-15,7-11-16)17-8-4-13(2)5-9-17/h13H,3-12,15H2,1-2H3. The minimum atomic E-state index is 0.325. The zero-order chi connectivity index (χ0) is 12.3. The summed E-state index contributed by atoms with van der Waals surface area (Å²) < 4.78 is 0. The predicted octanol–water partition coefficient (Wildman–Crippen LogP) is 1.53. The van der Waals surface area contributed by atoms with Crippen LogP contribution < -0.4 is 5.73 Å². The lowest BCUT2D eigenvalue weighted by Gasteiger charge is -2.50. The summed E-state index contributed by atoms with van der Waals surface area (Å²) in [5.41, 5.74) is 6.46. The van der Waals surface area contributed by atoms with Gasteiger partial charge in [0.15, 0.2) is 0 Å². The van der Waals surface area contributed by atoms with Crippen molar-refractivity contribution in [1.82, 2.24) is 9.80 Å². The van der Waals surface area contributed by atoms with E-state index in [1.165, 1.54) is 58.4 Å². The molecule has 2 aliphatic rings. The van der Waals surface area contributed by atoms with Crippen LogP contribution in [0.5, 0.6) is 0 Å². The van der Waals surface area contributed by atoms with Crippen molar-refractivity contribution in [1.29, 1.82) is 0 Å². The Balaban J connectivity index is 1.95. The number of nitrogens with zero attached hydrogens (tertiary/aromatic N) is 2. The highest BCUT2D eigenvalue weighted by molar-refractivity contribution is 4.97. The summed E-state index contributed by atoms with van der Waals surface area (Å²) >= 11 is 0. The van der Waals surface area contributed by atoms with Gasteiger partial charge in [-0.3, -0.25) is 4.90 Å². The highest BCUT2D eigenvalue weighted by Gasteiger charge is 2.39. The SMILES string of the molecule is CCN1CCC(CN)(N2CCC(C)CC2)CC1. The van der Waals surface area contributed by atoms with E-state index in [4.69, 9.17) is 5.73 Å². The van der Waals surface area contributed by atoms with Crippen LogP contribution in [0, 0.1) is 5.92 Å². The molecule has 2 heterocycles. The molecule has 2 saturated heterocycles. The van der Waals surface area contributed by atoms with Crippen LogP contribution in [-0.2, 0) is 0 Å². The van der Waals surface area contributed by atoms with Gasteiger partial charge < -0.3 is 10.6 Å². The molecule has 0 bridgehead atoms. The van der Waals surface area contributed by atoms with E-state index < -0.39 is 0 Å². The Hall–Kier alpha value is -0.120. The third-order valence-electron chi connectivity index (χ3n) is 5.07. The topological polar surface area (TPSA) is 32.5 Å². The summed E-state index contributed by atoms with van der Waals surface area (Å²) in [6.45, 7) is 11.7. The second-order valence-corrected chi connectivity index (χ2v) is 6.03. The van der Waals surface area contributed by atoms with Crippen molar-refractivity contribution in [2.75, 3.05) is 39.3 Å². The van der Waals surface area contributed by atoms with Gasteiger partial charge in [0.1, 0.15) is 0 Å². The molecule has 2 fully saturated rings. The van der Waals surface area contributed by atoms with Gasteiger partial charge in [-0.05, 0) is 64.3 Å². The molecule has 17 heavy (non-hydrogen) atoms. The van der Waals surface area contributed by atoms with Crippen molar-refractivity contribution in [2.45, 2.75) is 45.1 Å². The minimum absolute atomic E-state index is 0.325. The smallest absolute Gasteiger partial charge is 0.0356 e. The van der Waals surface area contributed by atoms with E-state index in [0.717, 1.165) is 12.5 Å². The Morgan fingerprint density at radius 2 is 1.71 bits per heavy atom. The number of piperidine rings is 2. The monoisotopic (exact) mass is 239 g/mol. The van der Waals surface area contributed by atoms with Gasteiger partial charge in [0.2, 0.25) is 0 Å². The van der Waals surface area contributed by atoms with Gasteiger partial charge >= 0.3 is 0 Å². The molecule has 2 rings (SSSR count). The molecule has 0 atom stereocenters. The van der Waals surface area contributed by atoms with Crippen LogP contribution in [0.1, 0.15) is 39.5 Å². The van der Waals surface area contributed by atoms with E-state index >= 15 is 0 Å². The molecule has 0 aromatic rings. The number of likely N-dealkylation sites (tertiary alicyclic amines) is 2. The molecule has 0 unspecified atom stereocenters. The van der Waals surface area contributed by atoms with E-state index in [1.54, 1.807) is 0 Å². The molecule has 100 valence electrons. The van der Waals surface area contributed by atoms with Crippen molar-refractivity contribution in [3.63, 3.8) is 0 Å². The first-order valence-electron chi connectivity index (χ1n) is 7.37. The molecule has 0 radical (unpaired) electrons. The van der Waals surface area contributed by atoms with Gasteiger partial charge in [-0.1, -0.05) is 13.8 Å². The van der Waals surface area contributed by atoms with Crippen LogP contribution in [0.3, 0.4) is 0 Å². The molecular formula is C14H29N3. The highest BCUT2D eigenvalue weighted by atomic mass is 15.2. The summed E-state index contributed by atoms with van der Waals surface area (Å²) in [5, 5.41) is 0. The molecule has 0 aromatic heterocycles. The summed E-state index contributed by atoms with van der Waals surface area (Å²) in [7, 11) is 0. The van der Waals surface area contributed by atoms with Crippen molar-refractivity contribution in [2.24, 2.45) is 11.7 Å². The fraction of sp³-hybridized carbons (Fsp3) is 1.00. The summed E-state index contributed by atoms with van der Waals surface area (Å²) in [6.07, 6.45) is 5.26. The Labute approximate surface area is 106 Å². The molecule has 2 aliphatic heterocycles. The Morgan fingerprint density at radius 3 is 2.18 bits per heavy atom. The fourth-order valence-corrected chi connectivity index (χ4v) is 3.42. The van der Waals surface area contributed by atoms with Crippen LogP contribution in [0.4, 0.5) is 0 Å². The average Bonchev–Trinajstić information content (AvgIpc) is 2.40. The summed E-state index contributed by atoms with van der Waals surface area (Å²) in [6, 6.07) is 0. The van der Waals surface area contributed by atoms with Crippen molar-refractivity contribution in [3.05, 3.63) is 0 Å². The summed E-state index contributed by atoms with van der Waals surface area (Å²) in [4.78, 5) is 5.26. The number of hydrogen-bond acceptors (Lipinski definition) is 3. The van der Waals surface area contributed by atoms with E-state index in [0.29, 0.717) is 5.54 Å². The van der Waals surface area contributed by atoms with Crippen LogP contribution in [-0.4, -0.2) is 54.6 Å². The second-order valence-electron chi connectivity index (χ2n) is 6.03. The van der Waals surface area contributed by atoms with Gasteiger partial charge in [-0.2, -0.15) is 0 Å². The molecule has 3 nitrogen and oxygen atoms in total. The maximum absolute atomic E-state index is 6.13. The molecule has 0 aliphatic carbocycles. The maximum Gasteiger partial charge on any atom is 0.0356 e. The van der Waals surface area contributed by atoms with E-state index in [2.05, 4.69) is 23.6 Å². The first kappa shape index (κ1) is 13.3. The van der Waals surface area contributed by atoms with E-state index in [-0.39, 0.29) is 0 Å². The number of hydrogen-bond donors (Lipinski definition) is 1. The van der Waals surface area contributed by atoms with Gasteiger partial charge in [0.05, 0.1) is 0 Å². The van der Waals surface area contributed by atoms with Crippen LogP contribution in [0.25, 0.3) is 0 Å². The highest BCUT2D eigenvalue weighted by Crippen LogP contribution is 2.31. The quantitative estimate of drug-likeness (QED) is 0.811. The van der Waals surface area contributed by atoms with Gasteiger partial charge in [0, 0.05) is 12.1 Å². The molecule has 3 heteroatoms. The molecule has 0 spiro atoms. The zero-order valence-corrected chi connectivity index (χ0v) is 11.6. The normalized spacial score (nSPS) is 28.4. The summed E-state index contributed by atoms with van der Waals surface area (Å²) in [5.74, 6) is 0.914.